The number of anilines is 1. The number of carbonyl (C=O) groups is 2. The van der Waals surface area contributed by atoms with Crippen LogP contribution in [-0.2, 0) is 9.59 Å². The maximum absolute atomic E-state index is 12.2. The van der Waals surface area contributed by atoms with Crippen molar-refractivity contribution in [1.29, 1.82) is 0 Å². The van der Waals surface area contributed by atoms with Crippen molar-refractivity contribution in [2.45, 2.75) is 31.8 Å². The van der Waals surface area contributed by atoms with Gasteiger partial charge in [-0.25, -0.2) is 0 Å². The first kappa shape index (κ1) is 16.3. The Labute approximate surface area is 130 Å². The number of methoxy groups -OCH3 is 1. The number of likely N-dealkylation sites (N-methyl/N-ethyl adjacent to an activating group) is 1. The minimum absolute atomic E-state index is 0.0361. The highest BCUT2D eigenvalue weighted by Gasteiger charge is 2.25. The van der Waals surface area contributed by atoms with Gasteiger partial charge in [0.25, 0.3) is 0 Å². The SMILES string of the molecule is COc1cccc(NC(=O)[C@@H](C)N(C)CC(=O)NC2CC2)c1. The molecule has 0 unspecified atom stereocenters. The van der Waals surface area contributed by atoms with Crippen LogP contribution in [-0.4, -0.2) is 49.5 Å². The summed E-state index contributed by atoms with van der Waals surface area (Å²) in [6.07, 6.45) is 2.11. The summed E-state index contributed by atoms with van der Waals surface area (Å²) in [5, 5.41) is 5.75. The number of amides is 2. The second kappa shape index (κ2) is 7.26. The van der Waals surface area contributed by atoms with Crippen molar-refractivity contribution in [1.82, 2.24) is 10.2 Å². The largest absolute Gasteiger partial charge is 0.497 e. The summed E-state index contributed by atoms with van der Waals surface area (Å²) in [6, 6.07) is 7.11. The molecule has 1 aliphatic rings. The van der Waals surface area contributed by atoms with Crippen LogP contribution in [0.2, 0.25) is 0 Å². The molecule has 6 nitrogen and oxygen atoms in total. The van der Waals surface area contributed by atoms with Gasteiger partial charge in [-0.05, 0) is 38.9 Å². The van der Waals surface area contributed by atoms with E-state index in [0.29, 0.717) is 17.5 Å². The van der Waals surface area contributed by atoms with E-state index in [-0.39, 0.29) is 18.4 Å². The lowest BCUT2D eigenvalue weighted by atomic mass is 10.2. The molecule has 0 bridgehead atoms. The first-order chi connectivity index (χ1) is 10.5. The second-order valence-corrected chi connectivity index (χ2v) is 5.65. The molecule has 6 heteroatoms. The van der Waals surface area contributed by atoms with Crippen LogP contribution >= 0.6 is 0 Å². The van der Waals surface area contributed by atoms with Gasteiger partial charge in [0.05, 0.1) is 19.7 Å². The van der Waals surface area contributed by atoms with E-state index in [2.05, 4.69) is 10.6 Å². The lowest BCUT2D eigenvalue weighted by molar-refractivity contribution is -0.124. The zero-order valence-electron chi connectivity index (χ0n) is 13.3. The topological polar surface area (TPSA) is 70.7 Å². The molecule has 0 saturated heterocycles. The minimum atomic E-state index is -0.406. The van der Waals surface area contributed by atoms with E-state index < -0.39 is 6.04 Å². The van der Waals surface area contributed by atoms with Crippen molar-refractivity contribution in [2.75, 3.05) is 26.0 Å². The van der Waals surface area contributed by atoms with Crippen molar-refractivity contribution in [2.24, 2.45) is 0 Å². The van der Waals surface area contributed by atoms with Crippen LogP contribution in [0.4, 0.5) is 5.69 Å². The third-order valence-corrected chi connectivity index (χ3v) is 3.71. The highest BCUT2D eigenvalue weighted by molar-refractivity contribution is 5.95. The second-order valence-electron chi connectivity index (χ2n) is 5.65. The number of rotatable bonds is 7. The van der Waals surface area contributed by atoms with Crippen LogP contribution in [0.1, 0.15) is 19.8 Å². The Balaban J connectivity index is 1.85. The summed E-state index contributed by atoms with van der Waals surface area (Å²) >= 11 is 0. The number of benzene rings is 1. The summed E-state index contributed by atoms with van der Waals surface area (Å²) in [5.41, 5.74) is 0.673. The van der Waals surface area contributed by atoms with Crippen molar-refractivity contribution in [3.8, 4) is 5.75 Å². The lowest BCUT2D eigenvalue weighted by Crippen LogP contribution is -2.45. The van der Waals surface area contributed by atoms with Crippen LogP contribution in [0, 0.1) is 0 Å². The highest BCUT2D eigenvalue weighted by atomic mass is 16.5. The Hall–Kier alpha value is -2.08. The van der Waals surface area contributed by atoms with Gasteiger partial charge in [0.2, 0.25) is 11.8 Å². The fourth-order valence-corrected chi connectivity index (χ4v) is 2.01. The van der Waals surface area contributed by atoms with Gasteiger partial charge >= 0.3 is 0 Å². The van der Waals surface area contributed by atoms with Gasteiger partial charge in [-0.2, -0.15) is 0 Å². The quantitative estimate of drug-likeness (QED) is 0.795. The number of carbonyl (C=O) groups excluding carboxylic acids is 2. The van der Waals surface area contributed by atoms with Crippen LogP contribution in [0.25, 0.3) is 0 Å². The molecule has 0 spiro atoms. The summed E-state index contributed by atoms with van der Waals surface area (Å²) < 4.78 is 5.13. The smallest absolute Gasteiger partial charge is 0.241 e. The van der Waals surface area contributed by atoms with Gasteiger partial charge in [-0.1, -0.05) is 6.07 Å². The van der Waals surface area contributed by atoms with Crippen molar-refractivity contribution >= 4 is 17.5 Å². The maximum atomic E-state index is 12.2. The van der Waals surface area contributed by atoms with Gasteiger partial charge in [-0.15, -0.1) is 0 Å². The fraction of sp³-hybridized carbons (Fsp3) is 0.500. The summed E-state index contributed by atoms with van der Waals surface area (Å²) in [5.74, 6) is 0.489. The number of hydrogen-bond acceptors (Lipinski definition) is 4. The molecule has 1 aromatic rings. The Morgan fingerprint density at radius 3 is 2.77 bits per heavy atom. The van der Waals surface area contributed by atoms with E-state index in [9.17, 15) is 9.59 Å². The maximum Gasteiger partial charge on any atom is 0.241 e. The first-order valence-electron chi connectivity index (χ1n) is 7.44. The predicted molar refractivity (Wildman–Crippen MR) is 84.9 cm³/mol. The molecule has 0 aromatic heterocycles. The van der Waals surface area contributed by atoms with Gasteiger partial charge in [-0.3, -0.25) is 14.5 Å². The molecule has 1 fully saturated rings. The van der Waals surface area contributed by atoms with E-state index in [1.165, 1.54) is 0 Å². The Morgan fingerprint density at radius 1 is 1.41 bits per heavy atom. The number of ether oxygens (including phenoxy) is 1. The summed E-state index contributed by atoms with van der Waals surface area (Å²) in [7, 11) is 3.35. The predicted octanol–water partition coefficient (Wildman–Crippen LogP) is 1.23. The van der Waals surface area contributed by atoms with Crippen molar-refractivity contribution in [3.63, 3.8) is 0 Å². The van der Waals surface area contributed by atoms with E-state index in [4.69, 9.17) is 4.74 Å². The molecule has 1 aliphatic carbocycles. The molecule has 22 heavy (non-hydrogen) atoms. The van der Waals surface area contributed by atoms with Crippen molar-refractivity contribution in [3.05, 3.63) is 24.3 Å². The minimum Gasteiger partial charge on any atom is -0.497 e. The van der Waals surface area contributed by atoms with Crippen molar-refractivity contribution < 1.29 is 14.3 Å². The normalized spacial score (nSPS) is 15.3. The van der Waals surface area contributed by atoms with E-state index in [1.54, 1.807) is 38.1 Å². The average molecular weight is 305 g/mol. The molecule has 0 heterocycles. The average Bonchev–Trinajstić information content (AvgIpc) is 3.30. The third kappa shape index (κ3) is 4.73. The lowest BCUT2D eigenvalue weighted by Gasteiger charge is -2.23. The molecule has 2 rings (SSSR count). The summed E-state index contributed by atoms with van der Waals surface area (Å²) in [4.78, 5) is 25.7. The summed E-state index contributed by atoms with van der Waals surface area (Å²) in [6.45, 7) is 1.99. The molecule has 2 amide bonds. The standard InChI is InChI=1S/C16H23N3O3/c1-11(19(2)10-15(20)17-12-7-8-12)16(21)18-13-5-4-6-14(9-13)22-3/h4-6,9,11-12H,7-8,10H2,1-3H3,(H,17,20)(H,18,21)/t11-/m1/s1. The molecule has 1 atom stereocenters. The van der Waals surface area contributed by atoms with Gasteiger partial charge < -0.3 is 15.4 Å². The van der Waals surface area contributed by atoms with E-state index in [0.717, 1.165) is 12.8 Å². The fourth-order valence-electron chi connectivity index (χ4n) is 2.01. The van der Waals surface area contributed by atoms with Crippen LogP contribution in [0.5, 0.6) is 5.75 Å². The monoisotopic (exact) mass is 305 g/mol. The number of nitrogens with one attached hydrogen (secondary N) is 2. The molecular formula is C16H23N3O3. The van der Waals surface area contributed by atoms with Crippen LogP contribution in [0.15, 0.2) is 24.3 Å². The zero-order chi connectivity index (χ0) is 16.1. The molecule has 0 aliphatic heterocycles. The Morgan fingerprint density at radius 2 is 2.14 bits per heavy atom. The third-order valence-electron chi connectivity index (χ3n) is 3.71. The van der Waals surface area contributed by atoms with Gasteiger partial charge in [0.15, 0.2) is 0 Å². The zero-order valence-corrected chi connectivity index (χ0v) is 13.3. The van der Waals surface area contributed by atoms with Crippen LogP contribution in [0.3, 0.4) is 0 Å². The molecule has 1 aromatic carbocycles. The molecular weight excluding hydrogens is 282 g/mol. The Bertz CT molecular complexity index is 543. The van der Waals surface area contributed by atoms with Crippen LogP contribution < -0.4 is 15.4 Å². The van der Waals surface area contributed by atoms with Gasteiger partial charge in [0, 0.05) is 17.8 Å². The number of nitrogens with zero attached hydrogens (tertiary/aromatic N) is 1. The van der Waals surface area contributed by atoms with E-state index >= 15 is 0 Å². The molecule has 120 valence electrons. The molecule has 0 radical (unpaired) electrons. The van der Waals surface area contributed by atoms with E-state index in [1.807, 2.05) is 12.1 Å². The highest BCUT2D eigenvalue weighted by Crippen LogP contribution is 2.19. The Kier molecular flexibility index (Phi) is 5.38. The number of hydrogen-bond donors (Lipinski definition) is 2. The van der Waals surface area contributed by atoms with Gasteiger partial charge in [0.1, 0.15) is 5.75 Å². The first-order valence-corrected chi connectivity index (χ1v) is 7.44. The molecule has 2 N–H and O–H groups in total. The molecule has 1 saturated carbocycles.